The monoisotopic (exact) mass is 454 g/mol. The molecule has 1 aromatic carbocycles. The van der Waals surface area contributed by atoms with Gasteiger partial charge in [-0.3, -0.25) is 0 Å². The summed E-state index contributed by atoms with van der Waals surface area (Å²) in [5.74, 6) is -1.96. The molecule has 2 aromatic rings. The number of allylic oxidation sites excluding steroid dienone is 5. The molecule has 170 valence electrons. The molecular weight excluding hydrogens is 434 g/mol. The number of rotatable bonds is 5. The van der Waals surface area contributed by atoms with Crippen LogP contribution < -0.4 is 16.5 Å². The van der Waals surface area contributed by atoms with Crippen molar-refractivity contribution in [2.75, 3.05) is 5.73 Å². The first-order chi connectivity index (χ1) is 15.0. The Morgan fingerprint density at radius 2 is 1.75 bits per heavy atom. The van der Waals surface area contributed by atoms with Gasteiger partial charge in [0.2, 0.25) is 5.89 Å². The summed E-state index contributed by atoms with van der Waals surface area (Å²) in [7, 11) is 0. The van der Waals surface area contributed by atoms with Gasteiger partial charge in [-0.25, -0.2) is 4.98 Å². The summed E-state index contributed by atoms with van der Waals surface area (Å²) in [5, 5.41) is 0.181. The van der Waals surface area contributed by atoms with Gasteiger partial charge in [0.05, 0.1) is 0 Å². The van der Waals surface area contributed by atoms with Crippen LogP contribution in [-0.4, -0.2) is 17.3 Å². The predicted molar refractivity (Wildman–Crippen MR) is 110 cm³/mol. The fraction of sp³-hybridized carbons (Fsp3) is 0.261. The van der Waals surface area contributed by atoms with Crippen LogP contribution in [0.15, 0.2) is 59.6 Å². The minimum atomic E-state index is -5.64. The van der Waals surface area contributed by atoms with Crippen molar-refractivity contribution < 1.29 is 30.8 Å². The van der Waals surface area contributed by atoms with Crippen LogP contribution in [0.3, 0.4) is 0 Å². The van der Waals surface area contributed by atoms with E-state index in [-0.39, 0.29) is 22.3 Å². The zero-order valence-electron chi connectivity index (χ0n) is 17.0. The van der Waals surface area contributed by atoms with Gasteiger partial charge in [0.25, 0.3) is 0 Å². The van der Waals surface area contributed by atoms with Crippen molar-refractivity contribution >= 4 is 23.4 Å². The van der Waals surface area contributed by atoms with Gasteiger partial charge in [-0.2, -0.15) is 26.3 Å². The average Bonchev–Trinajstić information content (AvgIpc) is 3.11. The molecule has 32 heavy (non-hydrogen) atoms. The second kappa shape index (κ2) is 8.37. The highest BCUT2D eigenvalue weighted by atomic mass is 19.4. The standard InChI is InChI=1S/C23H20F6N2O/c1-3-5-6-14(4-2)20-31-18-12-9-16(13-19(18)32-20)21(22(24,25)26,23(27,28)29)15-7-10-17(30)11-8-15/h3-8,10-13,16H,2,9,30H2,1H3/b5-3-,14-6+. The Morgan fingerprint density at radius 1 is 1.12 bits per heavy atom. The summed E-state index contributed by atoms with van der Waals surface area (Å²) < 4.78 is 91.2. The first-order valence-corrected chi connectivity index (χ1v) is 9.59. The maximum absolute atomic E-state index is 14.3. The Hall–Kier alpha value is -3.23. The molecule has 0 spiro atoms. The van der Waals surface area contributed by atoms with Crippen molar-refractivity contribution in [2.45, 2.75) is 31.1 Å². The fourth-order valence-electron chi connectivity index (χ4n) is 3.82. The SMILES string of the molecule is C=C/C(=C\C=C/C)c1nc2c(o1)=CC(C(c1ccc(N)cc1)(C(F)(F)F)C(F)(F)F)CC=2. The van der Waals surface area contributed by atoms with E-state index in [1.807, 2.05) is 0 Å². The van der Waals surface area contributed by atoms with Crippen LogP contribution in [0.5, 0.6) is 0 Å². The molecule has 0 bridgehead atoms. The van der Waals surface area contributed by atoms with Gasteiger partial charge in [0.15, 0.2) is 10.8 Å². The number of oxazole rings is 1. The number of anilines is 1. The lowest BCUT2D eigenvalue weighted by Crippen LogP contribution is -2.59. The molecule has 1 unspecified atom stereocenters. The Kier molecular flexibility index (Phi) is 6.13. The lowest BCUT2D eigenvalue weighted by atomic mass is 9.66. The van der Waals surface area contributed by atoms with E-state index in [4.69, 9.17) is 10.2 Å². The van der Waals surface area contributed by atoms with Crippen molar-refractivity contribution in [3.63, 3.8) is 0 Å². The quantitative estimate of drug-likeness (QED) is 0.391. The molecule has 0 saturated carbocycles. The van der Waals surface area contributed by atoms with Crippen LogP contribution in [0, 0.1) is 5.92 Å². The third kappa shape index (κ3) is 3.87. The summed E-state index contributed by atoms with van der Waals surface area (Å²) in [4.78, 5) is 4.19. The number of alkyl halides is 6. The molecule has 3 nitrogen and oxygen atoms in total. The fourth-order valence-corrected chi connectivity index (χ4v) is 3.82. The molecule has 0 aliphatic heterocycles. The summed E-state index contributed by atoms with van der Waals surface area (Å²) in [6.07, 6.45) is -3.28. The van der Waals surface area contributed by atoms with Gasteiger partial charge in [-0.05, 0) is 43.2 Å². The smallest absolute Gasteiger partial charge is 0.407 e. The lowest BCUT2D eigenvalue weighted by molar-refractivity contribution is -0.313. The molecule has 0 amide bonds. The molecule has 1 aliphatic rings. The van der Waals surface area contributed by atoms with Crippen molar-refractivity contribution in [1.29, 1.82) is 0 Å². The number of fused-ring (bicyclic) bond motifs is 1. The van der Waals surface area contributed by atoms with E-state index in [9.17, 15) is 26.3 Å². The number of benzene rings is 1. The molecule has 1 aliphatic carbocycles. The number of hydrogen-bond acceptors (Lipinski definition) is 3. The predicted octanol–water partition coefficient (Wildman–Crippen LogP) is 5.05. The number of halogens is 6. The second-order valence-electron chi connectivity index (χ2n) is 7.26. The van der Waals surface area contributed by atoms with Gasteiger partial charge >= 0.3 is 12.4 Å². The number of nitrogen functional groups attached to an aromatic ring is 1. The average molecular weight is 454 g/mol. The van der Waals surface area contributed by atoms with Gasteiger partial charge in [-0.15, -0.1) is 0 Å². The largest absolute Gasteiger partial charge is 0.436 e. The molecule has 9 heteroatoms. The summed E-state index contributed by atoms with van der Waals surface area (Å²) in [6.45, 7) is 5.40. The highest BCUT2D eigenvalue weighted by Gasteiger charge is 2.74. The van der Waals surface area contributed by atoms with Crippen molar-refractivity contribution in [3.05, 3.63) is 77.4 Å². The lowest BCUT2D eigenvalue weighted by Gasteiger charge is -2.42. The van der Waals surface area contributed by atoms with E-state index in [1.54, 1.807) is 25.2 Å². The third-order valence-electron chi connectivity index (χ3n) is 5.35. The van der Waals surface area contributed by atoms with Crippen LogP contribution in [0.4, 0.5) is 32.0 Å². The highest BCUT2D eigenvalue weighted by Crippen LogP contribution is 2.58. The minimum Gasteiger partial charge on any atom is -0.436 e. The molecule has 1 atom stereocenters. The molecular formula is C23H20F6N2O. The molecule has 3 rings (SSSR count). The highest BCUT2D eigenvalue weighted by molar-refractivity contribution is 5.69. The molecule has 2 N–H and O–H groups in total. The maximum Gasteiger partial charge on any atom is 0.407 e. The van der Waals surface area contributed by atoms with Gasteiger partial charge in [0, 0.05) is 17.2 Å². The van der Waals surface area contributed by atoms with E-state index in [0.29, 0.717) is 5.57 Å². The van der Waals surface area contributed by atoms with E-state index in [2.05, 4.69) is 11.6 Å². The first-order valence-electron chi connectivity index (χ1n) is 9.59. The third-order valence-corrected chi connectivity index (χ3v) is 5.35. The maximum atomic E-state index is 14.3. The van der Waals surface area contributed by atoms with Crippen LogP contribution in [-0.2, 0) is 5.41 Å². The van der Waals surface area contributed by atoms with Crippen molar-refractivity contribution in [3.8, 4) is 0 Å². The van der Waals surface area contributed by atoms with Crippen LogP contribution in [0.25, 0.3) is 17.7 Å². The Morgan fingerprint density at radius 3 is 2.28 bits per heavy atom. The summed E-state index contributed by atoms with van der Waals surface area (Å²) >= 11 is 0. The molecule has 0 saturated heterocycles. The second-order valence-corrected chi connectivity index (χ2v) is 7.26. The zero-order chi connectivity index (χ0) is 23.7. The summed E-state index contributed by atoms with van der Waals surface area (Å²) in [6, 6.07) is 3.57. The molecule has 1 aromatic heterocycles. The number of aromatic nitrogens is 1. The van der Waals surface area contributed by atoms with Gasteiger partial charge in [0.1, 0.15) is 5.35 Å². The van der Waals surface area contributed by atoms with Gasteiger partial charge < -0.3 is 10.2 Å². The van der Waals surface area contributed by atoms with E-state index >= 15 is 0 Å². The molecule has 0 fully saturated rings. The minimum absolute atomic E-state index is 0.0494. The normalized spacial score (nSPS) is 17.6. The van der Waals surface area contributed by atoms with Crippen LogP contribution in [0.1, 0.15) is 24.8 Å². The van der Waals surface area contributed by atoms with E-state index in [1.165, 1.54) is 12.2 Å². The van der Waals surface area contributed by atoms with E-state index in [0.717, 1.165) is 30.3 Å². The van der Waals surface area contributed by atoms with Crippen molar-refractivity contribution in [2.24, 2.45) is 5.92 Å². The zero-order valence-corrected chi connectivity index (χ0v) is 17.0. The summed E-state index contributed by atoms with van der Waals surface area (Å²) in [5.41, 5.74) is 0.731. The number of nitrogens with two attached hydrogens (primary N) is 1. The van der Waals surface area contributed by atoms with Crippen LogP contribution >= 0.6 is 0 Å². The topological polar surface area (TPSA) is 52.0 Å². The van der Waals surface area contributed by atoms with Crippen molar-refractivity contribution in [1.82, 2.24) is 4.98 Å². The number of hydrogen-bond donors (Lipinski definition) is 1. The molecule has 0 radical (unpaired) electrons. The van der Waals surface area contributed by atoms with E-state index < -0.39 is 35.7 Å². The Bertz CT molecular complexity index is 1150. The molecule has 1 heterocycles. The Balaban J connectivity index is 2.24. The number of nitrogens with zero attached hydrogens (tertiary/aromatic N) is 1. The van der Waals surface area contributed by atoms with Gasteiger partial charge in [-0.1, -0.05) is 43.0 Å². The Labute approximate surface area is 179 Å². The van der Waals surface area contributed by atoms with Crippen LogP contribution in [0.2, 0.25) is 0 Å². The first kappa shape index (κ1) is 23.4.